The zero-order chi connectivity index (χ0) is 7.28. The molecule has 0 atom stereocenters. The van der Waals surface area contributed by atoms with Gasteiger partial charge in [-0.15, -0.1) is 11.6 Å². The van der Waals surface area contributed by atoms with Crippen molar-refractivity contribution in [2.75, 3.05) is 27.0 Å². The van der Waals surface area contributed by atoms with Gasteiger partial charge in [0.25, 0.3) is 0 Å². The Labute approximate surface area is 61.5 Å². The van der Waals surface area contributed by atoms with Gasteiger partial charge in [0, 0.05) is 33.0 Å². The predicted molar refractivity (Wildman–Crippen MR) is 41.5 cm³/mol. The highest BCUT2D eigenvalue weighted by Gasteiger charge is 1.93. The third-order valence-corrected chi connectivity index (χ3v) is 1.30. The van der Waals surface area contributed by atoms with Crippen molar-refractivity contribution >= 4 is 11.6 Å². The van der Waals surface area contributed by atoms with Crippen molar-refractivity contribution in [2.24, 2.45) is 0 Å². The molecule has 1 N–H and O–H groups in total. The molecule has 0 aromatic carbocycles. The van der Waals surface area contributed by atoms with Gasteiger partial charge in [-0.05, 0) is 0 Å². The second kappa shape index (κ2) is 4.50. The molecule has 0 saturated carbocycles. The number of allylic oxidation sites excluding steroid dienone is 1. The van der Waals surface area contributed by atoms with Crippen LogP contribution in [0.15, 0.2) is 11.9 Å². The summed E-state index contributed by atoms with van der Waals surface area (Å²) in [4.78, 5) is 1.98. The number of rotatable bonds is 3. The van der Waals surface area contributed by atoms with E-state index in [-0.39, 0.29) is 0 Å². The Balaban J connectivity index is 3.81. The van der Waals surface area contributed by atoms with Crippen LogP contribution in [0.4, 0.5) is 0 Å². The number of halogens is 1. The van der Waals surface area contributed by atoms with Gasteiger partial charge in [-0.1, -0.05) is 0 Å². The molecule has 9 heavy (non-hydrogen) atoms. The zero-order valence-electron chi connectivity index (χ0n) is 6.11. The first-order valence-electron chi connectivity index (χ1n) is 2.82. The summed E-state index contributed by atoms with van der Waals surface area (Å²) < 4.78 is 0. The van der Waals surface area contributed by atoms with Gasteiger partial charge in [-0.25, -0.2) is 0 Å². The van der Waals surface area contributed by atoms with Gasteiger partial charge in [-0.3, -0.25) is 0 Å². The van der Waals surface area contributed by atoms with E-state index in [1.807, 2.05) is 32.2 Å². The van der Waals surface area contributed by atoms with Crippen molar-refractivity contribution in [2.45, 2.75) is 0 Å². The molecule has 3 heteroatoms. The topological polar surface area (TPSA) is 15.3 Å². The Morgan fingerprint density at radius 2 is 2.22 bits per heavy atom. The van der Waals surface area contributed by atoms with Crippen molar-refractivity contribution in [1.29, 1.82) is 0 Å². The lowest BCUT2D eigenvalue weighted by molar-refractivity contribution is 0.511. The van der Waals surface area contributed by atoms with Crippen molar-refractivity contribution in [1.82, 2.24) is 10.2 Å². The average molecular weight is 149 g/mol. The molecule has 0 aliphatic rings. The summed E-state index contributed by atoms with van der Waals surface area (Å²) in [6, 6.07) is 0. The minimum atomic E-state index is 0.549. The van der Waals surface area contributed by atoms with Crippen LogP contribution < -0.4 is 5.32 Å². The van der Waals surface area contributed by atoms with Crippen LogP contribution in [-0.2, 0) is 0 Å². The molecule has 0 aliphatic heterocycles. The first-order chi connectivity index (χ1) is 4.22. The SMILES string of the molecule is CN/C=C(/CCl)N(C)C. The fourth-order valence-corrected chi connectivity index (χ4v) is 0.770. The molecular weight excluding hydrogens is 136 g/mol. The first-order valence-corrected chi connectivity index (χ1v) is 3.35. The van der Waals surface area contributed by atoms with E-state index in [1.165, 1.54) is 0 Å². The molecule has 0 heterocycles. The quantitative estimate of drug-likeness (QED) is 0.597. The lowest BCUT2D eigenvalue weighted by Gasteiger charge is -2.13. The monoisotopic (exact) mass is 148 g/mol. The Hall–Kier alpha value is -0.370. The maximum Gasteiger partial charge on any atom is 0.0638 e. The summed E-state index contributed by atoms with van der Waals surface area (Å²) in [6.45, 7) is 0. The minimum Gasteiger partial charge on any atom is -0.393 e. The normalized spacial score (nSPS) is 11.3. The number of nitrogens with zero attached hydrogens (tertiary/aromatic N) is 1. The molecule has 0 spiro atoms. The summed E-state index contributed by atoms with van der Waals surface area (Å²) >= 11 is 5.59. The van der Waals surface area contributed by atoms with Crippen LogP contribution in [0.1, 0.15) is 0 Å². The largest absolute Gasteiger partial charge is 0.393 e. The van der Waals surface area contributed by atoms with Crippen LogP contribution in [0.5, 0.6) is 0 Å². The van der Waals surface area contributed by atoms with E-state index in [1.54, 1.807) is 0 Å². The molecule has 0 aromatic rings. The standard InChI is InChI=1S/C6H13ClN2/c1-8-5-6(4-7)9(2)3/h5,8H,4H2,1-3H3/b6-5-. The van der Waals surface area contributed by atoms with Crippen LogP contribution in [-0.4, -0.2) is 31.9 Å². The Morgan fingerprint density at radius 3 is 2.33 bits per heavy atom. The van der Waals surface area contributed by atoms with Gasteiger partial charge in [0.2, 0.25) is 0 Å². The van der Waals surface area contributed by atoms with Crippen LogP contribution in [0.2, 0.25) is 0 Å². The fraction of sp³-hybridized carbons (Fsp3) is 0.667. The molecule has 0 saturated heterocycles. The number of hydrogen-bond acceptors (Lipinski definition) is 2. The second-order valence-electron chi connectivity index (χ2n) is 1.95. The highest BCUT2D eigenvalue weighted by molar-refractivity contribution is 6.19. The highest BCUT2D eigenvalue weighted by Crippen LogP contribution is 1.97. The van der Waals surface area contributed by atoms with Crippen LogP contribution >= 0.6 is 11.6 Å². The maximum absolute atomic E-state index is 5.59. The van der Waals surface area contributed by atoms with Gasteiger partial charge >= 0.3 is 0 Å². The highest BCUT2D eigenvalue weighted by atomic mass is 35.5. The zero-order valence-corrected chi connectivity index (χ0v) is 6.87. The summed E-state index contributed by atoms with van der Waals surface area (Å²) in [6.07, 6.45) is 1.88. The van der Waals surface area contributed by atoms with E-state index in [9.17, 15) is 0 Å². The smallest absolute Gasteiger partial charge is 0.0638 e. The summed E-state index contributed by atoms with van der Waals surface area (Å²) in [5.41, 5.74) is 1.08. The van der Waals surface area contributed by atoms with Crippen LogP contribution in [0, 0.1) is 0 Å². The predicted octanol–water partition coefficient (Wildman–Crippen LogP) is 0.848. The molecule has 0 rings (SSSR count). The minimum absolute atomic E-state index is 0.549. The van der Waals surface area contributed by atoms with Gasteiger partial charge in [0.15, 0.2) is 0 Å². The molecule has 54 valence electrons. The van der Waals surface area contributed by atoms with E-state index in [2.05, 4.69) is 5.32 Å². The molecular formula is C6H13ClN2. The molecule has 0 fully saturated rings. The lowest BCUT2D eigenvalue weighted by Crippen LogP contribution is -2.14. The van der Waals surface area contributed by atoms with Crippen molar-refractivity contribution in [3.05, 3.63) is 11.9 Å². The number of hydrogen-bond donors (Lipinski definition) is 1. The molecule has 0 aliphatic carbocycles. The van der Waals surface area contributed by atoms with E-state index < -0.39 is 0 Å². The molecule has 0 radical (unpaired) electrons. The van der Waals surface area contributed by atoms with Gasteiger partial charge in [0.1, 0.15) is 0 Å². The maximum atomic E-state index is 5.59. The molecule has 0 bridgehead atoms. The third-order valence-electron chi connectivity index (χ3n) is 1.02. The van der Waals surface area contributed by atoms with E-state index in [0.29, 0.717) is 5.88 Å². The third kappa shape index (κ3) is 3.25. The van der Waals surface area contributed by atoms with Gasteiger partial charge in [0.05, 0.1) is 5.88 Å². The molecule has 2 nitrogen and oxygen atoms in total. The Bertz CT molecular complexity index is 99.2. The van der Waals surface area contributed by atoms with Gasteiger partial charge < -0.3 is 10.2 Å². The van der Waals surface area contributed by atoms with Gasteiger partial charge in [-0.2, -0.15) is 0 Å². The average Bonchev–Trinajstić information content (AvgIpc) is 1.82. The second-order valence-corrected chi connectivity index (χ2v) is 2.22. The van der Waals surface area contributed by atoms with E-state index in [4.69, 9.17) is 11.6 Å². The van der Waals surface area contributed by atoms with E-state index >= 15 is 0 Å². The van der Waals surface area contributed by atoms with Crippen molar-refractivity contribution < 1.29 is 0 Å². The van der Waals surface area contributed by atoms with Crippen molar-refractivity contribution in [3.63, 3.8) is 0 Å². The first kappa shape index (κ1) is 8.63. The molecule has 0 amide bonds. The molecule has 0 aromatic heterocycles. The summed E-state index contributed by atoms with van der Waals surface area (Å²) in [5, 5.41) is 2.91. The summed E-state index contributed by atoms with van der Waals surface area (Å²) in [7, 11) is 5.78. The Kier molecular flexibility index (Phi) is 4.32. The molecule has 0 unspecified atom stereocenters. The number of nitrogens with one attached hydrogen (secondary N) is 1. The Morgan fingerprint density at radius 1 is 1.67 bits per heavy atom. The van der Waals surface area contributed by atoms with E-state index in [0.717, 1.165) is 5.70 Å². The lowest BCUT2D eigenvalue weighted by atomic mass is 10.5. The summed E-state index contributed by atoms with van der Waals surface area (Å²) in [5.74, 6) is 0.549. The van der Waals surface area contributed by atoms with Crippen LogP contribution in [0.25, 0.3) is 0 Å². The van der Waals surface area contributed by atoms with Crippen LogP contribution in [0.3, 0.4) is 0 Å². The fourth-order valence-electron chi connectivity index (χ4n) is 0.454. The number of alkyl halides is 1. The van der Waals surface area contributed by atoms with Crippen molar-refractivity contribution in [3.8, 4) is 0 Å².